The molecule has 1 N–H and O–H groups in total. The van der Waals surface area contributed by atoms with Crippen LogP contribution in [0.1, 0.15) is 25.0 Å². The van der Waals surface area contributed by atoms with Crippen LogP contribution in [-0.2, 0) is 13.1 Å². The summed E-state index contributed by atoms with van der Waals surface area (Å²) in [7, 11) is 0. The summed E-state index contributed by atoms with van der Waals surface area (Å²) in [4.78, 5) is 5.04. The zero-order valence-corrected chi connectivity index (χ0v) is 16.8. The minimum atomic E-state index is 0.504. The highest BCUT2D eigenvalue weighted by atomic mass is 79.9. The average molecular weight is 402 g/mol. The molecule has 0 aliphatic carbocycles. The van der Waals surface area contributed by atoms with E-state index in [9.17, 15) is 0 Å². The third kappa shape index (κ3) is 5.30. The van der Waals surface area contributed by atoms with Crippen molar-refractivity contribution >= 4 is 21.6 Å². The minimum Gasteiger partial charge on any atom is -0.369 e. The average Bonchev–Trinajstić information content (AvgIpc) is 2.62. The standard InChI is InChI=1S/C21H28BrN3/c1-17(2)23-15-19-8-9-20(14-21(19)22)25-12-10-24(11-13-25)16-18-6-4-3-5-7-18/h3-9,14,17,23H,10-13,15-16H2,1-2H3. The topological polar surface area (TPSA) is 18.5 Å². The lowest BCUT2D eigenvalue weighted by Gasteiger charge is -2.36. The zero-order valence-electron chi connectivity index (χ0n) is 15.2. The fourth-order valence-electron chi connectivity index (χ4n) is 3.20. The lowest BCUT2D eigenvalue weighted by Crippen LogP contribution is -2.46. The van der Waals surface area contributed by atoms with E-state index in [0.29, 0.717) is 6.04 Å². The molecule has 25 heavy (non-hydrogen) atoms. The minimum absolute atomic E-state index is 0.504. The van der Waals surface area contributed by atoms with Crippen molar-refractivity contribution in [2.45, 2.75) is 33.0 Å². The number of anilines is 1. The van der Waals surface area contributed by atoms with Gasteiger partial charge in [0.15, 0.2) is 0 Å². The highest BCUT2D eigenvalue weighted by Gasteiger charge is 2.18. The van der Waals surface area contributed by atoms with Gasteiger partial charge >= 0.3 is 0 Å². The van der Waals surface area contributed by atoms with E-state index >= 15 is 0 Å². The molecule has 2 aromatic carbocycles. The Morgan fingerprint density at radius 3 is 2.36 bits per heavy atom. The van der Waals surface area contributed by atoms with Crippen LogP contribution in [0, 0.1) is 0 Å². The molecule has 1 aliphatic heterocycles. The lowest BCUT2D eigenvalue weighted by molar-refractivity contribution is 0.250. The fraction of sp³-hybridized carbons (Fsp3) is 0.429. The molecular formula is C21H28BrN3. The highest BCUT2D eigenvalue weighted by Crippen LogP contribution is 2.25. The van der Waals surface area contributed by atoms with E-state index < -0.39 is 0 Å². The molecule has 1 aliphatic rings. The van der Waals surface area contributed by atoms with Gasteiger partial charge in [-0.3, -0.25) is 4.90 Å². The molecule has 2 aromatic rings. The second-order valence-corrected chi connectivity index (χ2v) is 7.91. The Labute approximate surface area is 160 Å². The molecule has 0 spiro atoms. The van der Waals surface area contributed by atoms with Gasteiger partial charge in [0.25, 0.3) is 0 Å². The van der Waals surface area contributed by atoms with Gasteiger partial charge < -0.3 is 10.2 Å². The van der Waals surface area contributed by atoms with Gasteiger partial charge in [-0.1, -0.05) is 66.2 Å². The molecule has 0 atom stereocenters. The van der Waals surface area contributed by atoms with Crippen LogP contribution in [-0.4, -0.2) is 37.1 Å². The Morgan fingerprint density at radius 1 is 1.00 bits per heavy atom. The summed E-state index contributed by atoms with van der Waals surface area (Å²) in [5.41, 5.74) is 4.04. The van der Waals surface area contributed by atoms with Crippen LogP contribution >= 0.6 is 15.9 Å². The summed E-state index contributed by atoms with van der Waals surface area (Å²) in [6.07, 6.45) is 0. The summed E-state index contributed by atoms with van der Waals surface area (Å²) in [6, 6.07) is 18.0. The molecule has 4 heteroatoms. The van der Waals surface area contributed by atoms with Crippen molar-refractivity contribution in [1.82, 2.24) is 10.2 Å². The van der Waals surface area contributed by atoms with Crippen molar-refractivity contribution in [3.05, 3.63) is 64.1 Å². The fourth-order valence-corrected chi connectivity index (χ4v) is 3.70. The maximum atomic E-state index is 3.74. The molecule has 1 heterocycles. The van der Waals surface area contributed by atoms with Gasteiger partial charge in [-0.05, 0) is 23.3 Å². The Morgan fingerprint density at radius 2 is 1.72 bits per heavy atom. The Kier molecular flexibility index (Phi) is 6.51. The number of piperazine rings is 1. The number of halogens is 1. The van der Waals surface area contributed by atoms with Gasteiger partial charge in [0, 0.05) is 55.5 Å². The number of hydrogen-bond donors (Lipinski definition) is 1. The molecule has 0 bridgehead atoms. The van der Waals surface area contributed by atoms with Crippen molar-refractivity contribution in [3.63, 3.8) is 0 Å². The molecule has 3 rings (SSSR count). The SMILES string of the molecule is CC(C)NCc1ccc(N2CCN(Cc3ccccc3)CC2)cc1Br. The predicted molar refractivity (Wildman–Crippen MR) is 110 cm³/mol. The summed E-state index contributed by atoms with van der Waals surface area (Å²) >= 11 is 3.74. The lowest BCUT2D eigenvalue weighted by atomic mass is 10.1. The quantitative estimate of drug-likeness (QED) is 0.779. The monoisotopic (exact) mass is 401 g/mol. The first-order valence-corrected chi connectivity index (χ1v) is 9.94. The summed E-state index contributed by atoms with van der Waals surface area (Å²) < 4.78 is 1.20. The van der Waals surface area contributed by atoms with Crippen LogP contribution in [0.3, 0.4) is 0 Å². The van der Waals surface area contributed by atoms with Crippen LogP contribution in [0.4, 0.5) is 5.69 Å². The van der Waals surface area contributed by atoms with Crippen molar-refractivity contribution in [2.24, 2.45) is 0 Å². The molecule has 134 valence electrons. The van der Waals surface area contributed by atoms with Crippen molar-refractivity contribution < 1.29 is 0 Å². The molecule has 0 radical (unpaired) electrons. The van der Waals surface area contributed by atoms with E-state index in [1.54, 1.807) is 0 Å². The first-order valence-electron chi connectivity index (χ1n) is 9.15. The third-order valence-corrected chi connectivity index (χ3v) is 5.46. The molecule has 1 fully saturated rings. The van der Waals surface area contributed by atoms with Crippen LogP contribution in [0.2, 0.25) is 0 Å². The molecule has 0 unspecified atom stereocenters. The largest absolute Gasteiger partial charge is 0.369 e. The Bertz CT molecular complexity index is 664. The summed E-state index contributed by atoms with van der Waals surface area (Å²) in [5.74, 6) is 0. The van der Waals surface area contributed by atoms with Crippen LogP contribution < -0.4 is 10.2 Å². The molecule has 1 saturated heterocycles. The molecule has 0 saturated carbocycles. The van der Waals surface area contributed by atoms with Crippen LogP contribution in [0.25, 0.3) is 0 Å². The maximum absolute atomic E-state index is 3.74. The molecule has 0 aromatic heterocycles. The second kappa shape index (κ2) is 8.84. The van der Waals surface area contributed by atoms with E-state index in [0.717, 1.165) is 39.3 Å². The number of hydrogen-bond acceptors (Lipinski definition) is 3. The van der Waals surface area contributed by atoms with Crippen molar-refractivity contribution in [3.8, 4) is 0 Å². The van der Waals surface area contributed by atoms with E-state index in [4.69, 9.17) is 0 Å². The van der Waals surface area contributed by atoms with E-state index in [1.807, 2.05) is 0 Å². The second-order valence-electron chi connectivity index (χ2n) is 7.06. The number of nitrogens with zero attached hydrogens (tertiary/aromatic N) is 2. The molecule has 0 amide bonds. The Hall–Kier alpha value is -1.36. The van der Waals surface area contributed by atoms with Crippen LogP contribution in [0.15, 0.2) is 53.0 Å². The number of rotatable bonds is 6. The van der Waals surface area contributed by atoms with E-state index in [2.05, 4.69) is 93.4 Å². The number of nitrogens with one attached hydrogen (secondary N) is 1. The van der Waals surface area contributed by atoms with E-state index in [1.165, 1.54) is 21.3 Å². The highest BCUT2D eigenvalue weighted by molar-refractivity contribution is 9.10. The van der Waals surface area contributed by atoms with Crippen LogP contribution in [0.5, 0.6) is 0 Å². The van der Waals surface area contributed by atoms with Gasteiger partial charge in [-0.2, -0.15) is 0 Å². The van der Waals surface area contributed by atoms with Gasteiger partial charge in [0.2, 0.25) is 0 Å². The normalized spacial score (nSPS) is 15.8. The Balaban J connectivity index is 1.55. The van der Waals surface area contributed by atoms with E-state index in [-0.39, 0.29) is 0 Å². The van der Waals surface area contributed by atoms with Gasteiger partial charge in [-0.15, -0.1) is 0 Å². The van der Waals surface area contributed by atoms with Gasteiger partial charge in [0.05, 0.1) is 0 Å². The first-order chi connectivity index (χ1) is 12.1. The van der Waals surface area contributed by atoms with Gasteiger partial charge in [-0.25, -0.2) is 0 Å². The van der Waals surface area contributed by atoms with Crippen molar-refractivity contribution in [2.75, 3.05) is 31.1 Å². The summed E-state index contributed by atoms with van der Waals surface area (Å²) in [5, 5.41) is 3.48. The number of benzene rings is 2. The summed E-state index contributed by atoms with van der Waals surface area (Å²) in [6.45, 7) is 10.7. The maximum Gasteiger partial charge on any atom is 0.0378 e. The van der Waals surface area contributed by atoms with Gasteiger partial charge in [0.1, 0.15) is 0 Å². The zero-order chi connectivity index (χ0) is 17.6. The molecular weight excluding hydrogens is 374 g/mol. The third-order valence-electron chi connectivity index (χ3n) is 4.72. The van der Waals surface area contributed by atoms with Crippen molar-refractivity contribution in [1.29, 1.82) is 0 Å². The molecule has 3 nitrogen and oxygen atoms in total. The predicted octanol–water partition coefficient (Wildman–Crippen LogP) is 4.27. The smallest absolute Gasteiger partial charge is 0.0378 e. The first kappa shape index (κ1) is 18.4.